The summed E-state index contributed by atoms with van der Waals surface area (Å²) in [5.74, 6) is -0.318. The average molecular weight is 663 g/mol. The zero-order valence-electron chi connectivity index (χ0n) is 30.0. The second kappa shape index (κ2) is 16.2. The molecule has 48 heavy (non-hydrogen) atoms. The number of hydrogen-bond acceptors (Lipinski definition) is 7. The molecule has 0 unspecified atom stereocenters. The van der Waals surface area contributed by atoms with E-state index in [2.05, 4.69) is 47.7 Å². The van der Waals surface area contributed by atoms with Gasteiger partial charge in [0.15, 0.2) is 0 Å². The molecule has 0 aliphatic carbocycles. The molecule has 0 atom stereocenters. The third-order valence-electron chi connectivity index (χ3n) is 9.00. The van der Waals surface area contributed by atoms with Crippen LogP contribution in [-0.2, 0) is 24.2 Å². The molecule has 2 N–H and O–H groups in total. The number of rotatable bonds is 10. The van der Waals surface area contributed by atoms with Crippen molar-refractivity contribution in [3.63, 3.8) is 0 Å². The molecule has 2 saturated heterocycles. The average Bonchev–Trinajstić information content (AvgIpc) is 3.00. The predicted molar refractivity (Wildman–Crippen MR) is 191 cm³/mol. The van der Waals surface area contributed by atoms with Crippen molar-refractivity contribution in [3.05, 3.63) is 76.9 Å². The summed E-state index contributed by atoms with van der Waals surface area (Å²) < 4.78 is 19.3. The van der Waals surface area contributed by atoms with E-state index in [0.717, 1.165) is 104 Å². The van der Waals surface area contributed by atoms with Gasteiger partial charge < -0.3 is 24.7 Å². The molecule has 0 saturated carbocycles. The van der Waals surface area contributed by atoms with Gasteiger partial charge in [-0.15, -0.1) is 0 Å². The summed E-state index contributed by atoms with van der Waals surface area (Å²) in [6.45, 7) is 18.8. The number of benzene rings is 2. The van der Waals surface area contributed by atoms with E-state index in [0.29, 0.717) is 13.0 Å². The number of aliphatic carboxylic acids is 1. The van der Waals surface area contributed by atoms with Crippen molar-refractivity contribution < 1.29 is 24.1 Å². The van der Waals surface area contributed by atoms with Crippen LogP contribution in [0.1, 0.15) is 70.0 Å². The van der Waals surface area contributed by atoms with Gasteiger partial charge in [-0.2, -0.15) is 0 Å². The molecule has 1 aromatic heterocycles. The molecule has 9 heteroatoms. The maximum atomic E-state index is 13.2. The van der Waals surface area contributed by atoms with Crippen molar-refractivity contribution in [1.29, 1.82) is 0 Å². The molecule has 3 heterocycles. The lowest BCUT2D eigenvalue weighted by Crippen LogP contribution is -2.44. The first kappa shape index (κ1) is 37.3. The third kappa shape index (κ3) is 11.3. The fourth-order valence-electron chi connectivity index (χ4n) is 6.12. The van der Waals surface area contributed by atoms with E-state index in [1.807, 2.05) is 19.1 Å². The van der Waals surface area contributed by atoms with E-state index < -0.39 is 11.6 Å². The molecule has 0 radical (unpaired) electrons. The third-order valence-corrected chi connectivity index (χ3v) is 9.00. The topological polar surface area (TPSA) is 89.4 Å². The van der Waals surface area contributed by atoms with Crippen molar-refractivity contribution in [2.75, 3.05) is 57.8 Å². The van der Waals surface area contributed by atoms with Crippen LogP contribution in [0.15, 0.2) is 48.5 Å². The molecule has 2 aliphatic heterocycles. The number of likely N-dealkylation sites (N-methyl/N-ethyl adjacent to an activating group) is 1. The number of piperazine rings is 1. The number of aryl methyl sites for hydroxylation is 1. The fraction of sp³-hybridized carbons (Fsp3) is 0.538. The lowest BCUT2D eigenvalue weighted by Gasteiger charge is -2.40. The van der Waals surface area contributed by atoms with Gasteiger partial charge in [0.05, 0.1) is 30.0 Å². The zero-order chi connectivity index (χ0) is 35.1. The molecule has 2 fully saturated rings. The number of aromatic nitrogens is 1. The van der Waals surface area contributed by atoms with Crippen molar-refractivity contribution in [2.45, 2.75) is 79.4 Å². The van der Waals surface area contributed by atoms with Gasteiger partial charge in [0.25, 0.3) is 0 Å². The van der Waals surface area contributed by atoms with Crippen LogP contribution in [0.4, 0.5) is 10.1 Å². The lowest BCUT2D eigenvalue weighted by atomic mass is 9.82. The Morgan fingerprint density at radius 3 is 2.10 bits per heavy atom. The lowest BCUT2D eigenvalue weighted by molar-refractivity contribution is -0.136. The summed E-state index contributed by atoms with van der Waals surface area (Å²) in [5, 5.41) is 18.5. The zero-order valence-corrected chi connectivity index (χ0v) is 30.0. The smallest absolute Gasteiger partial charge is 0.307 e. The molecule has 262 valence electrons. The number of nitrogens with zero attached hydrogens (tertiary/aromatic N) is 4. The van der Waals surface area contributed by atoms with Crippen LogP contribution in [0.25, 0.3) is 11.1 Å². The number of hydrogen-bond donors (Lipinski definition) is 2. The van der Waals surface area contributed by atoms with Gasteiger partial charge in [-0.25, -0.2) is 4.39 Å². The number of carboxylic acids is 1. The summed E-state index contributed by atoms with van der Waals surface area (Å²) in [4.78, 5) is 24.4. The van der Waals surface area contributed by atoms with E-state index in [1.54, 1.807) is 32.9 Å². The second-order valence-electron chi connectivity index (χ2n) is 15.1. The minimum atomic E-state index is -0.842. The van der Waals surface area contributed by atoms with Crippen LogP contribution in [0.2, 0.25) is 0 Å². The molecule has 5 rings (SSSR count). The maximum absolute atomic E-state index is 13.2. The first-order chi connectivity index (χ1) is 22.6. The number of anilines is 1. The van der Waals surface area contributed by atoms with Crippen molar-refractivity contribution >= 4 is 11.7 Å². The fourth-order valence-corrected chi connectivity index (χ4v) is 6.12. The summed E-state index contributed by atoms with van der Waals surface area (Å²) in [6, 6.07) is 14.6. The molecule has 0 amide bonds. The van der Waals surface area contributed by atoms with E-state index in [-0.39, 0.29) is 17.7 Å². The Morgan fingerprint density at radius 2 is 1.54 bits per heavy atom. The largest absolute Gasteiger partial charge is 0.493 e. The molecular formula is C39H55FN4O4. The molecule has 2 aromatic carbocycles. The van der Waals surface area contributed by atoms with Crippen LogP contribution >= 0.6 is 0 Å². The van der Waals surface area contributed by atoms with Crippen molar-refractivity contribution in [1.82, 2.24) is 14.8 Å². The van der Waals surface area contributed by atoms with Crippen LogP contribution in [-0.4, -0.2) is 89.5 Å². The number of carboxylic acid groups (broad SMARTS) is 1. The van der Waals surface area contributed by atoms with Crippen molar-refractivity contribution in [2.24, 2.45) is 5.41 Å². The highest BCUT2D eigenvalue weighted by molar-refractivity contribution is 5.86. The first-order valence-corrected chi connectivity index (χ1v) is 17.2. The molecule has 2 aliphatic rings. The maximum Gasteiger partial charge on any atom is 0.307 e. The summed E-state index contributed by atoms with van der Waals surface area (Å²) >= 11 is 0. The normalized spacial score (nSPS) is 17.1. The Bertz CT molecular complexity index is 1480. The highest BCUT2D eigenvalue weighted by Gasteiger charge is 2.31. The van der Waals surface area contributed by atoms with Gasteiger partial charge in [0.2, 0.25) is 0 Å². The van der Waals surface area contributed by atoms with E-state index >= 15 is 0 Å². The van der Waals surface area contributed by atoms with Crippen LogP contribution in [0.5, 0.6) is 5.75 Å². The van der Waals surface area contributed by atoms with Gasteiger partial charge >= 0.3 is 5.97 Å². The summed E-state index contributed by atoms with van der Waals surface area (Å²) in [5.41, 5.74) is 6.49. The standard InChI is InChI=1S/C35H45FN4O3.C4H10O/c1-25-30(23-32(41)42)34(40-16-14-35(2,3)15-17-40)33(31(37-25)24-39-20-18-38(4)19-21-39)27-7-11-29(12-8-27)43-22-13-26-5-9-28(36)10-6-26;1-4(2,3)5/h5-12H,13-24H2,1-4H3,(H,41,42);5H,1-3H3. The SMILES string of the molecule is CC(C)(C)O.Cc1nc(CN2CCN(C)CC2)c(-c2ccc(OCCc3ccc(F)cc3)cc2)c(N2CCC(C)(C)CC2)c1CC(=O)O. The minimum Gasteiger partial charge on any atom is -0.493 e. The Balaban J connectivity index is 0.000000968. The van der Waals surface area contributed by atoms with Gasteiger partial charge in [-0.05, 0) is 88.4 Å². The quantitative estimate of drug-likeness (QED) is 0.251. The van der Waals surface area contributed by atoms with Gasteiger partial charge in [-0.1, -0.05) is 38.1 Å². The predicted octanol–water partition coefficient (Wildman–Crippen LogP) is 6.60. The van der Waals surface area contributed by atoms with Crippen LogP contribution in [0, 0.1) is 18.2 Å². The van der Waals surface area contributed by atoms with Gasteiger partial charge in [0.1, 0.15) is 11.6 Å². The first-order valence-electron chi connectivity index (χ1n) is 17.2. The van der Waals surface area contributed by atoms with Crippen LogP contribution < -0.4 is 9.64 Å². The monoisotopic (exact) mass is 662 g/mol. The molecule has 8 nitrogen and oxygen atoms in total. The number of ether oxygens (including phenoxy) is 1. The Morgan fingerprint density at radius 1 is 0.958 bits per heavy atom. The highest BCUT2D eigenvalue weighted by Crippen LogP contribution is 2.42. The Kier molecular flexibility index (Phi) is 12.6. The number of pyridine rings is 1. The van der Waals surface area contributed by atoms with E-state index in [4.69, 9.17) is 14.8 Å². The van der Waals surface area contributed by atoms with Gasteiger partial charge in [-0.3, -0.25) is 14.7 Å². The van der Waals surface area contributed by atoms with Crippen molar-refractivity contribution in [3.8, 4) is 16.9 Å². The summed E-state index contributed by atoms with van der Waals surface area (Å²) in [6.07, 6.45) is 2.73. The molecule has 3 aromatic rings. The van der Waals surface area contributed by atoms with Crippen LogP contribution in [0.3, 0.4) is 0 Å². The minimum absolute atomic E-state index is 0.0551. The Hall–Kier alpha value is -3.53. The number of aliphatic hydroxyl groups is 1. The highest BCUT2D eigenvalue weighted by atomic mass is 19.1. The van der Waals surface area contributed by atoms with E-state index in [1.165, 1.54) is 12.1 Å². The summed E-state index contributed by atoms with van der Waals surface area (Å²) in [7, 11) is 2.16. The number of halogens is 1. The number of piperidine rings is 1. The molecule has 0 spiro atoms. The van der Waals surface area contributed by atoms with Gasteiger partial charge in [0, 0.05) is 69.1 Å². The van der Waals surface area contributed by atoms with E-state index in [9.17, 15) is 14.3 Å². The number of carbonyl (C=O) groups is 1. The molecule has 0 bridgehead atoms. The Labute approximate surface area is 286 Å². The molecular weight excluding hydrogens is 607 g/mol. The second-order valence-corrected chi connectivity index (χ2v) is 15.1.